The molecule has 0 saturated heterocycles. The lowest BCUT2D eigenvalue weighted by Crippen LogP contribution is -2.27. The van der Waals surface area contributed by atoms with Crippen LogP contribution in [0.25, 0.3) is 0 Å². The molecule has 0 unspecified atom stereocenters. The molecule has 1 aliphatic rings. The van der Waals surface area contributed by atoms with Crippen LogP contribution in [0.3, 0.4) is 0 Å². The SMILES string of the molecule is Cc1coc(C2CCC(C(F)(F)F)CC2)n1. The van der Waals surface area contributed by atoms with Gasteiger partial charge in [0.2, 0.25) is 0 Å². The zero-order valence-corrected chi connectivity index (χ0v) is 9.05. The highest BCUT2D eigenvalue weighted by Gasteiger charge is 2.42. The quantitative estimate of drug-likeness (QED) is 0.737. The highest BCUT2D eigenvalue weighted by Crippen LogP contribution is 2.42. The summed E-state index contributed by atoms with van der Waals surface area (Å²) in [6.45, 7) is 1.81. The van der Waals surface area contributed by atoms with Gasteiger partial charge >= 0.3 is 6.18 Å². The van der Waals surface area contributed by atoms with E-state index in [2.05, 4.69) is 4.98 Å². The predicted octanol–water partition coefficient (Wildman–Crippen LogP) is 3.82. The van der Waals surface area contributed by atoms with Gasteiger partial charge in [-0.25, -0.2) is 4.98 Å². The van der Waals surface area contributed by atoms with Crippen LogP contribution in [-0.4, -0.2) is 11.2 Å². The molecule has 0 aromatic carbocycles. The minimum Gasteiger partial charge on any atom is -0.448 e. The van der Waals surface area contributed by atoms with Crippen LogP contribution in [0.1, 0.15) is 43.2 Å². The molecule has 0 spiro atoms. The Morgan fingerprint density at radius 3 is 2.31 bits per heavy atom. The maximum atomic E-state index is 12.4. The van der Waals surface area contributed by atoms with Crippen LogP contribution in [0.15, 0.2) is 10.7 Å². The summed E-state index contributed by atoms with van der Waals surface area (Å²) in [5, 5.41) is 0. The largest absolute Gasteiger partial charge is 0.448 e. The van der Waals surface area contributed by atoms with Gasteiger partial charge in [0.1, 0.15) is 6.26 Å². The lowest BCUT2D eigenvalue weighted by Gasteiger charge is -2.28. The van der Waals surface area contributed by atoms with Gasteiger partial charge in [0.25, 0.3) is 0 Å². The number of rotatable bonds is 1. The number of halogens is 3. The van der Waals surface area contributed by atoms with Crippen LogP contribution in [0.2, 0.25) is 0 Å². The van der Waals surface area contributed by atoms with Gasteiger partial charge in [-0.2, -0.15) is 13.2 Å². The summed E-state index contributed by atoms with van der Waals surface area (Å²) in [4.78, 5) is 4.17. The molecule has 2 nitrogen and oxygen atoms in total. The number of aromatic nitrogens is 1. The number of alkyl halides is 3. The monoisotopic (exact) mass is 233 g/mol. The molecule has 1 aliphatic carbocycles. The van der Waals surface area contributed by atoms with Gasteiger partial charge in [0, 0.05) is 5.92 Å². The van der Waals surface area contributed by atoms with E-state index in [1.807, 2.05) is 6.92 Å². The number of nitrogens with zero attached hydrogens (tertiary/aromatic N) is 1. The Balaban J connectivity index is 1.95. The van der Waals surface area contributed by atoms with Crippen molar-refractivity contribution >= 4 is 0 Å². The molecule has 0 atom stereocenters. The molecule has 1 aromatic rings. The number of aryl methyl sites for hydroxylation is 1. The van der Waals surface area contributed by atoms with E-state index in [9.17, 15) is 13.2 Å². The molecule has 2 rings (SSSR count). The van der Waals surface area contributed by atoms with Crippen molar-refractivity contribution in [1.29, 1.82) is 0 Å². The van der Waals surface area contributed by atoms with Crippen molar-refractivity contribution in [2.45, 2.75) is 44.7 Å². The summed E-state index contributed by atoms with van der Waals surface area (Å²) in [6, 6.07) is 0. The molecular formula is C11H14F3NO. The third kappa shape index (κ3) is 2.39. The number of hydrogen-bond donors (Lipinski definition) is 0. The van der Waals surface area contributed by atoms with Gasteiger partial charge in [-0.05, 0) is 32.6 Å². The van der Waals surface area contributed by atoms with Crippen LogP contribution in [0.5, 0.6) is 0 Å². The number of oxazole rings is 1. The minimum absolute atomic E-state index is 0.0623. The fourth-order valence-corrected chi connectivity index (χ4v) is 2.23. The molecule has 1 saturated carbocycles. The second-order valence-corrected chi connectivity index (χ2v) is 4.42. The van der Waals surface area contributed by atoms with Crippen molar-refractivity contribution in [2.75, 3.05) is 0 Å². The van der Waals surface area contributed by atoms with Crippen molar-refractivity contribution in [3.05, 3.63) is 17.8 Å². The van der Waals surface area contributed by atoms with Crippen LogP contribution in [0, 0.1) is 12.8 Å². The lowest BCUT2D eigenvalue weighted by atomic mass is 9.81. The van der Waals surface area contributed by atoms with Crippen LogP contribution < -0.4 is 0 Å². The molecule has 16 heavy (non-hydrogen) atoms. The maximum absolute atomic E-state index is 12.4. The van der Waals surface area contributed by atoms with Gasteiger partial charge < -0.3 is 4.42 Å². The van der Waals surface area contributed by atoms with Crippen molar-refractivity contribution in [3.8, 4) is 0 Å². The average Bonchev–Trinajstić information content (AvgIpc) is 2.64. The third-order valence-electron chi connectivity index (χ3n) is 3.18. The average molecular weight is 233 g/mol. The van der Waals surface area contributed by atoms with Crippen molar-refractivity contribution in [2.24, 2.45) is 5.92 Å². The Kier molecular flexibility index (Phi) is 2.95. The van der Waals surface area contributed by atoms with E-state index in [4.69, 9.17) is 4.42 Å². The molecule has 1 heterocycles. The first kappa shape index (κ1) is 11.5. The summed E-state index contributed by atoms with van der Waals surface area (Å²) in [7, 11) is 0. The van der Waals surface area contributed by atoms with E-state index in [-0.39, 0.29) is 18.8 Å². The zero-order valence-electron chi connectivity index (χ0n) is 9.05. The first-order chi connectivity index (χ1) is 7.47. The van der Waals surface area contributed by atoms with Gasteiger partial charge in [-0.3, -0.25) is 0 Å². The number of hydrogen-bond acceptors (Lipinski definition) is 2. The summed E-state index contributed by atoms with van der Waals surface area (Å²) in [6.07, 6.45) is -1.08. The van der Waals surface area contributed by atoms with Crippen molar-refractivity contribution in [1.82, 2.24) is 4.98 Å². The molecule has 0 aliphatic heterocycles. The van der Waals surface area contributed by atoms with Gasteiger partial charge in [0.05, 0.1) is 11.6 Å². The maximum Gasteiger partial charge on any atom is 0.391 e. The fourth-order valence-electron chi connectivity index (χ4n) is 2.23. The Morgan fingerprint density at radius 2 is 1.88 bits per heavy atom. The molecule has 1 aromatic heterocycles. The van der Waals surface area contributed by atoms with Crippen molar-refractivity contribution < 1.29 is 17.6 Å². The Labute approximate surface area is 91.9 Å². The van der Waals surface area contributed by atoms with E-state index in [0.29, 0.717) is 18.7 Å². The highest BCUT2D eigenvalue weighted by atomic mass is 19.4. The molecule has 1 fully saturated rings. The molecular weight excluding hydrogens is 219 g/mol. The molecule has 0 N–H and O–H groups in total. The standard InChI is InChI=1S/C11H14F3NO/c1-7-6-16-10(15-7)8-2-4-9(5-3-8)11(12,13)14/h6,8-9H,2-5H2,1H3. The second kappa shape index (κ2) is 4.11. The summed E-state index contributed by atoms with van der Waals surface area (Å²) >= 11 is 0. The first-order valence-corrected chi connectivity index (χ1v) is 5.45. The van der Waals surface area contributed by atoms with E-state index in [0.717, 1.165) is 5.69 Å². The van der Waals surface area contributed by atoms with Crippen LogP contribution >= 0.6 is 0 Å². The van der Waals surface area contributed by atoms with E-state index in [1.165, 1.54) is 0 Å². The van der Waals surface area contributed by atoms with Gasteiger partial charge in [-0.1, -0.05) is 0 Å². The molecule has 0 radical (unpaired) electrons. The minimum atomic E-state index is -4.04. The summed E-state index contributed by atoms with van der Waals surface area (Å²) in [5.41, 5.74) is 0.785. The van der Waals surface area contributed by atoms with E-state index in [1.54, 1.807) is 6.26 Å². The Hall–Kier alpha value is -1.00. The third-order valence-corrected chi connectivity index (χ3v) is 3.18. The van der Waals surface area contributed by atoms with E-state index >= 15 is 0 Å². The molecule has 90 valence electrons. The zero-order chi connectivity index (χ0) is 11.8. The van der Waals surface area contributed by atoms with E-state index < -0.39 is 12.1 Å². The Bertz CT molecular complexity index is 350. The topological polar surface area (TPSA) is 26.0 Å². The molecule has 0 amide bonds. The van der Waals surface area contributed by atoms with Crippen LogP contribution in [-0.2, 0) is 0 Å². The highest BCUT2D eigenvalue weighted by molar-refractivity contribution is 5.00. The van der Waals surface area contributed by atoms with Gasteiger partial charge in [0.15, 0.2) is 5.89 Å². The summed E-state index contributed by atoms with van der Waals surface area (Å²) < 4.78 is 42.5. The normalized spacial score (nSPS) is 27.0. The predicted molar refractivity (Wildman–Crippen MR) is 52.0 cm³/mol. The lowest BCUT2D eigenvalue weighted by molar-refractivity contribution is -0.182. The second-order valence-electron chi connectivity index (χ2n) is 4.42. The van der Waals surface area contributed by atoms with Crippen LogP contribution in [0.4, 0.5) is 13.2 Å². The van der Waals surface area contributed by atoms with Crippen molar-refractivity contribution in [3.63, 3.8) is 0 Å². The fraction of sp³-hybridized carbons (Fsp3) is 0.727. The Morgan fingerprint density at radius 1 is 1.25 bits per heavy atom. The molecule has 0 bridgehead atoms. The van der Waals surface area contributed by atoms with Gasteiger partial charge in [-0.15, -0.1) is 0 Å². The molecule has 5 heteroatoms. The summed E-state index contributed by atoms with van der Waals surface area (Å²) in [5.74, 6) is -0.481. The first-order valence-electron chi connectivity index (χ1n) is 5.45. The smallest absolute Gasteiger partial charge is 0.391 e.